The van der Waals surface area contributed by atoms with E-state index in [9.17, 15) is 0 Å². The SMILES string of the molecule is CC(C)c1ccc(-c2ccnc(=S)[nH]2)cc1. The summed E-state index contributed by atoms with van der Waals surface area (Å²) in [7, 11) is 0. The molecule has 0 unspecified atom stereocenters. The zero-order valence-corrected chi connectivity index (χ0v) is 10.2. The largest absolute Gasteiger partial charge is 0.330 e. The zero-order chi connectivity index (χ0) is 11.5. The predicted octanol–water partition coefficient (Wildman–Crippen LogP) is 3.93. The van der Waals surface area contributed by atoms with Gasteiger partial charge < -0.3 is 4.98 Å². The van der Waals surface area contributed by atoms with Crippen LogP contribution in [-0.2, 0) is 0 Å². The quantitative estimate of drug-likeness (QED) is 0.792. The molecule has 3 heteroatoms. The van der Waals surface area contributed by atoms with Gasteiger partial charge in [0.15, 0.2) is 4.77 Å². The summed E-state index contributed by atoms with van der Waals surface area (Å²) >= 11 is 5.00. The molecule has 0 spiro atoms. The van der Waals surface area contributed by atoms with E-state index < -0.39 is 0 Å². The van der Waals surface area contributed by atoms with E-state index >= 15 is 0 Å². The summed E-state index contributed by atoms with van der Waals surface area (Å²) in [5.41, 5.74) is 3.49. The molecular weight excluding hydrogens is 216 g/mol. The van der Waals surface area contributed by atoms with E-state index in [1.807, 2.05) is 6.07 Å². The van der Waals surface area contributed by atoms with Gasteiger partial charge in [-0.2, -0.15) is 0 Å². The highest BCUT2D eigenvalue weighted by Crippen LogP contribution is 2.20. The van der Waals surface area contributed by atoms with Crippen LogP contribution >= 0.6 is 12.2 Å². The minimum absolute atomic E-state index is 0.519. The van der Waals surface area contributed by atoms with Crippen LogP contribution in [0.5, 0.6) is 0 Å². The molecule has 0 saturated heterocycles. The number of nitrogens with one attached hydrogen (secondary N) is 1. The van der Waals surface area contributed by atoms with Gasteiger partial charge >= 0.3 is 0 Å². The van der Waals surface area contributed by atoms with Crippen molar-refractivity contribution in [1.82, 2.24) is 9.97 Å². The Morgan fingerprint density at radius 3 is 2.38 bits per heavy atom. The highest BCUT2D eigenvalue weighted by Gasteiger charge is 2.00. The maximum absolute atomic E-state index is 5.00. The van der Waals surface area contributed by atoms with E-state index in [1.54, 1.807) is 6.20 Å². The van der Waals surface area contributed by atoms with E-state index in [4.69, 9.17) is 12.2 Å². The third-order valence-corrected chi connectivity index (χ3v) is 2.77. The summed E-state index contributed by atoms with van der Waals surface area (Å²) in [6, 6.07) is 10.4. The van der Waals surface area contributed by atoms with Crippen molar-refractivity contribution in [2.45, 2.75) is 19.8 Å². The molecule has 1 aromatic heterocycles. The first-order valence-electron chi connectivity index (χ1n) is 5.32. The molecule has 1 heterocycles. The summed E-state index contributed by atoms with van der Waals surface area (Å²) in [4.78, 5) is 7.05. The van der Waals surface area contributed by atoms with Crippen LogP contribution in [0.2, 0.25) is 0 Å². The third kappa shape index (κ3) is 2.36. The van der Waals surface area contributed by atoms with Crippen molar-refractivity contribution in [2.75, 3.05) is 0 Å². The maximum Gasteiger partial charge on any atom is 0.197 e. The molecule has 0 atom stereocenters. The summed E-state index contributed by atoms with van der Waals surface area (Å²) in [5, 5.41) is 0. The molecule has 16 heavy (non-hydrogen) atoms. The molecule has 1 aromatic carbocycles. The number of H-pyrrole nitrogens is 1. The van der Waals surface area contributed by atoms with E-state index in [1.165, 1.54) is 5.56 Å². The number of hydrogen-bond donors (Lipinski definition) is 1. The van der Waals surface area contributed by atoms with Crippen molar-refractivity contribution in [3.05, 3.63) is 46.9 Å². The fourth-order valence-corrected chi connectivity index (χ4v) is 1.76. The average Bonchev–Trinajstić information content (AvgIpc) is 2.29. The lowest BCUT2D eigenvalue weighted by atomic mass is 10.0. The minimum Gasteiger partial charge on any atom is -0.330 e. The highest BCUT2D eigenvalue weighted by molar-refractivity contribution is 7.71. The van der Waals surface area contributed by atoms with Crippen LogP contribution in [-0.4, -0.2) is 9.97 Å². The normalized spacial score (nSPS) is 10.7. The van der Waals surface area contributed by atoms with Crippen molar-refractivity contribution in [1.29, 1.82) is 0 Å². The summed E-state index contributed by atoms with van der Waals surface area (Å²) in [6.45, 7) is 4.38. The van der Waals surface area contributed by atoms with Crippen LogP contribution in [0.1, 0.15) is 25.3 Å². The Morgan fingerprint density at radius 2 is 1.81 bits per heavy atom. The Balaban J connectivity index is 2.38. The first kappa shape index (κ1) is 11.0. The Morgan fingerprint density at radius 1 is 1.12 bits per heavy atom. The topological polar surface area (TPSA) is 28.7 Å². The molecule has 1 N–H and O–H groups in total. The van der Waals surface area contributed by atoms with Crippen LogP contribution < -0.4 is 0 Å². The fraction of sp³-hybridized carbons (Fsp3) is 0.231. The number of nitrogens with zero attached hydrogens (tertiary/aromatic N) is 1. The minimum atomic E-state index is 0.519. The molecule has 0 amide bonds. The maximum atomic E-state index is 5.00. The molecular formula is C13H14N2S. The second kappa shape index (κ2) is 4.58. The molecule has 0 aliphatic carbocycles. The van der Waals surface area contributed by atoms with E-state index in [-0.39, 0.29) is 0 Å². The van der Waals surface area contributed by atoms with Gasteiger partial charge in [-0.05, 0) is 35.3 Å². The van der Waals surface area contributed by atoms with E-state index in [0.717, 1.165) is 11.3 Å². The van der Waals surface area contributed by atoms with Crippen molar-refractivity contribution < 1.29 is 0 Å². The molecule has 0 saturated carbocycles. The Hall–Kier alpha value is -1.48. The van der Waals surface area contributed by atoms with Gasteiger partial charge in [-0.15, -0.1) is 0 Å². The highest BCUT2D eigenvalue weighted by atomic mass is 32.1. The molecule has 2 nitrogen and oxygen atoms in total. The molecule has 2 rings (SSSR count). The lowest BCUT2D eigenvalue weighted by Gasteiger charge is -2.06. The molecule has 2 aromatic rings. The summed E-state index contributed by atoms with van der Waals surface area (Å²) < 4.78 is 0.519. The number of hydrogen-bond acceptors (Lipinski definition) is 2. The molecule has 82 valence electrons. The Kier molecular flexibility index (Phi) is 3.15. The van der Waals surface area contributed by atoms with Crippen LogP contribution in [0.15, 0.2) is 36.5 Å². The van der Waals surface area contributed by atoms with E-state index in [0.29, 0.717) is 10.7 Å². The lowest BCUT2D eigenvalue weighted by molar-refractivity contribution is 0.867. The van der Waals surface area contributed by atoms with Gasteiger partial charge in [-0.1, -0.05) is 38.1 Å². The van der Waals surface area contributed by atoms with Crippen molar-refractivity contribution in [3.63, 3.8) is 0 Å². The van der Waals surface area contributed by atoms with E-state index in [2.05, 4.69) is 48.1 Å². The summed E-state index contributed by atoms with van der Waals surface area (Å²) in [5.74, 6) is 0.560. The first-order chi connectivity index (χ1) is 7.66. The van der Waals surface area contributed by atoms with Gasteiger partial charge in [0.25, 0.3) is 0 Å². The third-order valence-electron chi connectivity index (χ3n) is 2.56. The van der Waals surface area contributed by atoms with Crippen molar-refractivity contribution in [3.8, 4) is 11.3 Å². The zero-order valence-electron chi connectivity index (χ0n) is 9.40. The van der Waals surface area contributed by atoms with Crippen LogP contribution in [0.4, 0.5) is 0 Å². The first-order valence-corrected chi connectivity index (χ1v) is 5.73. The molecule has 0 radical (unpaired) electrons. The van der Waals surface area contributed by atoms with Crippen molar-refractivity contribution >= 4 is 12.2 Å². The lowest BCUT2D eigenvalue weighted by Crippen LogP contribution is -1.89. The molecule has 0 bridgehead atoms. The van der Waals surface area contributed by atoms with Crippen molar-refractivity contribution in [2.24, 2.45) is 0 Å². The van der Waals surface area contributed by atoms with Gasteiger partial charge in [0.1, 0.15) is 0 Å². The molecule has 0 fully saturated rings. The average molecular weight is 230 g/mol. The second-order valence-corrected chi connectivity index (χ2v) is 4.45. The van der Waals surface area contributed by atoms with Crippen LogP contribution in [0, 0.1) is 4.77 Å². The monoisotopic (exact) mass is 230 g/mol. The van der Waals surface area contributed by atoms with Gasteiger partial charge in [0, 0.05) is 11.9 Å². The Bertz CT molecular complexity index is 526. The predicted molar refractivity (Wildman–Crippen MR) is 68.9 cm³/mol. The molecule has 0 aliphatic rings. The fourth-order valence-electron chi connectivity index (χ4n) is 1.58. The number of aromatic nitrogens is 2. The molecule has 0 aliphatic heterocycles. The smallest absolute Gasteiger partial charge is 0.197 e. The number of benzene rings is 1. The number of aromatic amines is 1. The van der Waals surface area contributed by atoms with Gasteiger partial charge in [0.2, 0.25) is 0 Å². The van der Waals surface area contributed by atoms with Gasteiger partial charge in [0.05, 0.1) is 0 Å². The second-order valence-electron chi connectivity index (χ2n) is 4.07. The van der Waals surface area contributed by atoms with Crippen LogP contribution in [0.3, 0.4) is 0 Å². The standard InChI is InChI=1S/C13H14N2S/c1-9(2)10-3-5-11(6-4-10)12-7-8-14-13(16)15-12/h3-9H,1-2H3,(H,14,15,16). The summed E-state index contributed by atoms with van der Waals surface area (Å²) in [6.07, 6.45) is 1.73. The van der Waals surface area contributed by atoms with Gasteiger partial charge in [-0.3, -0.25) is 0 Å². The Labute approximate surface area is 100 Å². The van der Waals surface area contributed by atoms with Gasteiger partial charge in [-0.25, -0.2) is 4.98 Å². The number of rotatable bonds is 2. The van der Waals surface area contributed by atoms with Crippen LogP contribution in [0.25, 0.3) is 11.3 Å².